The summed E-state index contributed by atoms with van der Waals surface area (Å²) in [5.41, 5.74) is 5.02. The summed E-state index contributed by atoms with van der Waals surface area (Å²) in [5, 5.41) is 0. The highest BCUT2D eigenvalue weighted by atomic mass is 14.8. The van der Waals surface area contributed by atoms with Gasteiger partial charge in [0.1, 0.15) is 5.82 Å². The molecule has 1 aromatic heterocycles. The molecule has 11 heavy (non-hydrogen) atoms. The van der Waals surface area contributed by atoms with E-state index in [-0.39, 0.29) is 11.4 Å². The molecular weight excluding hydrogens is 136 g/mol. The number of pyridine rings is 1. The van der Waals surface area contributed by atoms with Gasteiger partial charge in [-0.3, -0.25) is 0 Å². The summed E-state index contributed by atoms with van der Waals surface area (Å²) < 4.78 is 67.4. The third kappa shape index (κ3) is 2.58. The molecule has 0 aliphatic carbocycles. The summed E-state index contributed by atoms with van der Waals surface area (Å²) >= 11 is 0. The van der Waals surface area contributed by atoms with Crippen LogP contribution in [-0.4, -0.2) is 4.98 Å². The predicted molar refractivity (Wildman–Crippen MR) is 47.2 cm³/mol. The molecule has 0 aliphatic heterocycles. The second-order valence-electron chi connectivity index (χ2n) is 1.97. The Bertz CT molecular complexity index is 460. The lowest BCUT2D eigenvalue weighted by molar-refractivity contribution is 0.646. The van der Waals surface area contributed by atoms with Gasteiger partial charge in [0.05, 0.1) is 0 Å². The predicted octanol–water partition coefficient (Wildman–Crippen LogP) is 1.86. The molecular formula is C9H14N2. The van der Waals surface area contributed by atoms with E-state index in [2.05, 4.69) is 4.98 Å². The second kappa shape index (κ2) is 3.37. The Kier molecular flexibility index (Phi) is 0.681. The summed E-state index contributed by atoms with van der Waals surface area (Å²) in [6.07, 6.45) is -2.03. The molecule has 0 saturated heterocycles. The smallest absolute Gasteiger partial charge is 0.123 e. The molecule has 0 fully saturated rings. The SMILES string of the molecule is [2H]C([2H])([2H])C([2H])(C([2H])([2H])[2H])C([2H])([2H])c1ccc(N)nc1. The zero-order chi connectivity index (χ0) is 16.0. The molecule has 0 saturated carbocycles. The Balaban J connectivity index is 3.51. The molecule has 2 heteroatoms. The van der Waals surface area contributed by atoms with Gasteiger partial charge in [0.25, 0.3) is 0 Å². The van der Waals surface area contributed by atoms with Crippen LogP contribution in [0.15, 0.2) is 18.3 Å². The van der Waals surface area contributed by atoms with E-state index in [0.29, 0.717) is 0 Å². The number of nitrogens with two attached hydrogens (primary N) is 1. The molecule has 1 heterocycles. The van der Waals surface area contributed by atoms with Crippen molar-refractivity contribution in [2.24, 2.45) is 5.89 Å². The number of hydrogen-bond acceptors (Lipinski definition) is 2. The monoisotopic (exact) mass is 159 g/mol. The quantitative estimate of drug-likeness (QED) is 0.715. The summed E-state index contributed by atoms with van der Waals surface area (Å²) in [4.78, 5) is 3.61. The average Bonchev–Trinajstić information content (AvgIpc) is 2.25. The van der Waals surface area contributed by atoms with Crippen LogP contribution in [0.4, 0.5) is 5.82 Å². The first-order valence-corrected chi connectivity index (χ1v) is 2.97. The summed E-state index contributed by atoms with van der Waals surface area (Å²) in [5.74, 6) is -3.26. The van der Waals surface area contributed by atoms with Crippen molar-refractivity contribution in [3.8, 4) is 0 Å². The molecule has 60 valence electrons. The van der Waals surface area contributed by atoms with E-state index in [1.165, 1.54) is 6.07 Å². The van der Waals surface area contributed by atoms with Crippen molar-refractivity contribution in [1.29, 1.82) is 0 Å². The van der Waals surface area contributed by atoms with Crippen LogP contribution >= 0.6 is 0 Å². The minimum atomic E-state index is -3.36. The van der Waals surface area contributed by atoms with Gasteiger partial charge < -0.3 is 5.73 Å². The maximum Gasteiger partial charge on any atom is 0.123 e. The van der Waals surface area contributed by atoms with Crippen molar-refractivity contribution in [1.82, 2.24) is 4.98 Å². The third-order valence-electron chi connectivity index (χ3n) is 1.06. The molecule has 0 aromatic carbocycles. The average molecular weight is 159 g/mol. The lowest BCUT2D eigenvalue weighted by Crippen LogP contribution is -1.96. The topological polar surface area (TPSA) is 38.9 Å². The van der Waals surface area contributed by atoms with E-state index >= 15 is 0 Å². The van der Waals surface area contributed by atoms with Gasteiger partial charge in [-0.15, -0.1) is 0 Å². The van der Waals surface area contributed by atoms with Gasteiger partial charge in [-0.25, -0.2) is 4.98 Å². The first kappa shape index (κ1) is 2.22. The summed E-state index contributed by atoms with van der Waals surface area (Å²) in [6.45, 7) is -6.72. The molecule has 0 aliphatic rings. The first-order chi connectivity index (χ1) is 8.75. The van der Waals surface area contributed by atoms with Gasteiger partial charge in [0, 0.05) is 18.5 Å². The van der Waals surface area contributed by atoms with Gasteiger partial charge in [-0.05, 0) is 23.9 Å². The number of nitrogens with zero attached hydrogens (tertiary/aromatic N) is 1. The largest absolute Gasteiger partial charge is 0.384 e. The number of aromatic nitrogens is 1. The standard InChI is InChI=1S/C9H14N2/c1-7(2)5-8-3-4-9(10)11-6-8/h3-4,6-7H,5H2,1-2H3,(H2,10,11)/i1D3,2D3,5D2,7D. The lowest BCUT2D eigenvalue weighted by Gasteiger charge is -2.03. The van der Waals surface area contributed by atoms with E-state index in [1.54, 1.807) is 0 Å². The van der Waals surface area contributed by atoms with Crippen LogP contribution < -0.4 is 5.73 Å². The van der Waals surface area contributed by atoms with Gasteiger partial charge >= 0.3 is 0 Å². The molecule has 0 unspecified atom stereocenters. The van der Waals surface area contributed by atoms with Crippen molar-refractivity contribution < 1.29 is 12.3 Å². The Morgan fingerprint density at radius 2 is 2.64 bits per heavy atom. The zero-order valence-corrected chi connectivity index (χ0v) is 5.76. The van der Waals surface area contributed by atoms with Crippen molar-refractivity contribution in [3.05, 3.63) is 23.9 Å². The number of nitrogen functional groups attached to an aromatic ring is 1. The van der Waals surface area contributed by atoms with Crippen molar-refractivity contribution in [2.45, 2.75) is 20.1 Å². The minimum absolute atomic E-state index is 0.0721. The fourth-order valence-corrected chi connectivity index (χ4v) is 0.624. The van der Waals surface area contributed by atoms with Crippen molar-refractivity contribution in [3.63, 3.8) is 0 Å². The molecule has 2 N–H and O–H groups in total. The van der Waals surface area contributed by atoms with Crippen LogP contribution in [-0.2, 0) is 6.37 Å². The fourth-order valence-electron chi connectivity index (χ4n) is 0.624. The number of anilines is 1. The van der Waals surface area contributed by atoms with Crippen LogP contribution in [0.5, 0.6) is 0 Å². The highest BCUT2D eigenvalue weighted by Crippen LogP contribution is 2.07. The van der Waals surface area contributed by atoms with Crippen LogP contribution in [0.1, 0.15) is 31.6 Å². The van der Waals surface area contributed by atoms with Crippen LogP contribution in [0, 0.1) is 5.89 Å². The Hall–Kier alpha value is -1.05. The number of rotatable bonds is 2. The number of hydrogen-bond donors (Lipinski definition) is 1. The fraction of sp³-hybridized carbons (Fsp3) is 0.444. The second-order valence-corrected chi connectivity index (χ2v) is 1.97. The molecule has 1 aromatic rings. The minimum Gasteiger partial charge on any atom is -0.384 e. The summed E-state index contributed by atoms with van der Waals surface area (Å²) in [6, 6.07) is 2.34. The van der Waals surface area contributed by atoms with Gasteiger partial charge in [-0.1, -0.05) is 19.8 Å². The highest BCUT2D eigenvalue weighted by Gasteiger charge is 1.96. The molecule has 0 atom stereocenters. The maximum atomic E-state index is 7.88. The molecule has 0 bridgehead atoms. The Morgan fingerprint density at radius 1 is 1.82 bits per heavy atom. The Labute approximate surface area is 80.1 Å². The van der Waals surface area contributed by atoms with Crippen LogP contribution in [0.3, 0.4) is 0 Å². The summed E-state index contributed by atoms with van der Waals surface area (Å²) in [7, 11) is 0. The van der Waals surface area contributed by atoms with E-state index in [1.807, 2.05) is 0 Å². The van der Waals surface area contributed by atoms with Gasteiger partial charge in [0.15, 0.2) is 0 Å². The van der Waals surface area contributed by atoms with E-state index < -0.39 is 26.0 Å². The normalized spacial score (nSPS) is 27.1. The van der Waals surface area contributed by atoms with Gasteiger partial charge in [0.2, 0.25) is 0 Å². The molecule has 0 amide bonds. The van der Waals surface area contributed by atoms with E-state index in [4.69, 9.17) is 18.1 Å². The van der Waals surface area contributed by atoms with Crippen LogP contribution in [0.25, 0.3) is 0 Å². The zero-order valence-electron chi connectivity index (χ0n) is 14.8. The van der Waals surface area contributed by atoms with E-state index in [9.17, 15) is 0 Å². The molecule has 0 radical (unpaired) electrons. The van der Waals surface area contributed by atoms with Crippen molar-refractivity contribution >= 4 is 5.82 Å². The first-order valence-electron chi connectivity index (χ1n) is 7.47. The molecule has 2 nitrogen and oxygen atoms in total. The Morgan fingerprint density at radius 3 is 3.18 bits per heavy atom. The lowest BCUT2D eigenvalue weighted by atomic mass is 10.1. The maximum absolute atomic E-state index is 7.88. The van der Waals surface area contributed by atoms with Crippen molar-refractivity contribution in [2.75, 3.05) is 5.73 Å². The van der Waals surface area contributed by atoms with E-state index in [0.717, 1.165) is 12.3 Å². The highest BCUT2D eigenvalue weighted by molar-refractivity contribution is 5.29. The van der Waals surface area contributed by atoms with Gasteiger partial charge in [-0.2, -0.15) is 0 Å². The van der Waals surface area contributed by atoms with Crippen LogP contribution in [0.2, 0.25) is 0 Å². The molecule has 1 rings (SSSR count). The third-order valence-corrected chi connectivity index (χ3v) is 1.06. The molecule has 0 spiro atoms.